The number of hydrogen-bond donors (Lipinski definition) is 0. The van der Waals surface area contributed by atoms with Gasteiger partial charge in [0.15, 0.2) is 0 Å². The van der Waals surface area contributed by atoms with Crippen LogP contribution in [0, 0.1) is 68.9 Å². The van der Waals surface area contributed by atoms with Crippen molar-refractivity contribution >= 4 is 30.8 Å². The van der Waals surface area contributed by atoms with Crippen molar-refractivity contribution < 1.29 is 31.4 Å². The number of carbonyl (C=O) groups excluding carboxylic acids is 2. The third-order valence-corrected chi connectivity index (χ3v) is 9.23. The zero-order valence-electron chi connectivity index (χ0n) is 23.4. The normalized spacial score (nSPS) is 16.9. The fraction of sp³-hybridized carbons (Fsp3) is 0.257. The Morgan fingerprint density at radius 2 is 1.43 bits per heavy atom. The van der Waals surface area contributed by atoms with E-state index >= 15 is 0 Å². The number of ether oxygens (including phenoxy) is 1. The van der Waals surface area contributed by atoms with Crippen LogP contribution in [-0.2, 0) is 31.4 Å². The molecule has 10 radical (unpaired) electrons. The van der Waals surface area contributed by atoms with Gasteiger partial charge in [0.05, 0.1) is 0 Å². The molecule has 0 aliphatic heterocycles. The topological polar surface area (TPSA) is 43.4 Å². The van der Waals surface area contributed by atoms with Gasteiger partial charge in [0.25, 0.3) is 0 Å². The second-order valence-electron chi connectivity index (χ2n) is 9.54. The molecule has 3 nitrogen and oxygen atoms in total. The molecule has 0 unspecified atom stereocenters. The summed E-state index contributed by atoms with van der Waals surface area (Å²) < 4.78 is 6.10. The largest absolute Gasteiger partial charge is 0.462 e. The van der Waals surface area contributed by atoms with E-state index in [1.54, 1.807) is 0 Å². The molecule has 0 heterocycles. The molecule has 0 spiro atoms. The Kier molecular flexibility index (Phi) is 16.7. The summed E-state index contributed by atoms with van der Waals surface area (Å²) in [6.07, 6.45) is 20.0. The molecule has 0 aromatic heterocycles. The fourth-order valence-electron chi connectivity index (χ4n) is 4.47. The van der Waals surface area contributed by atoms with Gasteiger partial charge in [-0.25, -0.2) is 0 Å². The predicted octanol–water partition coefficient (Wildman–Crippen LogP) is 7.14. The molecule has 2 aliphatic rings. The molecule has 2 saturated carbocycles. The minimum atomic E-state index is -0.897. The van der Waals surface area contributed by atoms with Gasteiger partial charge in [0.2, 0.25) is 0 Å². The standard InChI is InChI=1S/C30H34O3P.C5H5.Fe/c1-4-23(3)21-25(22-24(5-2)19-20-31)33-30(32)28-17-12-18-29(28)34(26-13-8-6-9-14-26)27-15-10-7-11-16-27;1-2-4-5-3-1;/h6-18,20,24-25H,3-5,19,21-22H2,1-2H3;1-5H;/t24-,25+;;/m0../s1. The SMILES string of the molecule is C=C(CC)C[C@H](C[C@@H](CC)CC=O)OC(=O)[C]1[CH][CH][CH][C]1P(c1ccccc1)c1ccccc1.[CH]1[CH][CH][CH][CH]1.[Fe]. The van der Waals surface area contributed by atoms with Crippen molar-refractivity contribution in [2.75, 3.05) is 0 Å². The number of hydrogen-bond acceptors (Lipinski definition) is 3. The summed E-state index contributed by atoms with van der Waals surface area (Å²) in [5.41, 5.74) is 2.06. The minimum Gasteiger partial charge on any atom is -0.462 e. The fourth-order valence-corrected chi connectivity index (χ4v) is 6.91. The summed E-state index contributed by atoms with van der Waals surface area (Å²) in [5, 5.41) is 2.38. The Labute approximate surface area is 255 Å². The van der Waals surface area contributed by atoms with E-state index in [-0.39, 0.29) is 35.1 Å². The smallest absolute Gasteiger partial charge is 0.314 e. The van der Waals surface area contributed by atoms with Crippen LogP contribution in [0.2, 0.25) is 0 Å². The zero-order chi connectivity index (χ0) is 27.9. The van der Waals surface area contributed by atoms with Crippen LogP contribution in [0.5, 0.6) is 0 Å². The van der Waals surface area contributed by atoms with Crippen LogP contribution in [-0.4, -0.2) is 18.4 Å². The quantitative estimate of drug-likeness (QED) is 0.0814. The van der Waals surface area contributed by atoms with Gasteiger partial charge >= 0.3 is 5.97 Å². The Hall–Kier alpha value is -1.73. The van der Waals surface area contributed by atoms with Crippen molar-refractivity contribution in [2.45, 2.75) is 52.1 Å². The Balaban J connectivity index is 0.000000840. The Morgan fingerprint density at radius 3 is 1.90 bits per heavy atom. The number of esters is 1. The molecule has 210 valence electrons. The van der Waals surface area contributed by atoms with Gasteiger partial charge in [-0.2, -0.15) is 0 Å². The van der Waals surface area contributed by atoms with Crippen molar-refractivity contribution in [3.8, 4) is 0 Å². The number of aldehydes is 1. The number of carbonyl (C=O) groups is 2. The molecule has 0 bridgehead atoms. The van der Waals surface area contributed by atoms with Gasteiger partial charge in [-0.15, -0.1) is 0 Å². The van der Waals surface area contributed by atoms with E-state index in [2.05, 4.69) is 44.7 Å². The van der Waals surface area contributed by atoms with E-state index in [0.29, 0.717) is 25.2 Å². The molecule has 4 rings (SSSR count). The van der Waals surface area contributed by atoms with Crippen molar-refractivity contribution in [1.82, 2.24) is 0 Å². The maximum Gasteiger partial charge on any atom is 0.314 e. The molecular weight excluding hydrogens is 555 g/mol. The van der Waals surface area contributed by atoms with E-state index in [0.717, 1.165) is 30.4 Å². The van der Waals surface area contributed by atoms with Crippen molar-refractivity contribution in [3.05, 3.63) is 136 Å². The van der Waals surface area contributed by atoms with Crippen molar-refractivity contribution in [2.24, 2.45) is 5.92 Å². The molecule has 2 aliphatic carbocycles. The van der Waals surface area contributed by atoms with Crippen LogP contribution < -0.4 is 10.6 Å². The van der Waals surface area contributed by atoms with E-state index in [4.69, 9.17) is 4.74 Å². The average Bonchev–Trinajstić information content (AvgIpc) is 3.70. The molecule has 5 heteroatoms. The van der Waals surface area contributed by atoms with Gasteiger partial charge in [0, 0.05) is 35.6 Å². The third kappa shape index (κ3) is 10.9. The molecule has 0 N–H and O–H groups in total. The minimum absolute atomic E-state index is 0. The average molecular weight is 595 g/mol. The van der Waals surface area contributed by atoms with E-state index in [9.17, 15) is 9.59 Å². The summed E-state index contributed by atoms with van der Waals surface area (Å²) in [7, 11) is -0.897. The van der Waals surface area contributed by atoms with E-state index in [1.165, 1.54) is 10.6 Å². The molecule has 0 saturated heterocycles. The van der Waals surface area contributed by atoms with Crippen LogP contribution in [0.4, 0.5) is 0 Å². The molecule has 2 fully saturated rings. The first-order valence-corrected chi connectivity index (χ1v) is 15.0. The van der Waals surface area contributed by atoms with Crippen molar-refractivity contribution in [3.63, 3.8) is 0 Å². The maximum atomic E-state index is 13.5. The monoisotopic (exact) mass is 594 g/mol. The molecule has 2 aromatic rings. The summed E-state index contributed by atoms with van der Waals surface area (Å²) in [5.74, 6) is 0.522. The third-order valence-electron chi connectivity index (χ3n) is 6.73. The van der Waals surface area contributed by atoms with Gasteiger partial charge in [-0.05, 0) is 88.7 Å². The predicted molar refractivity (Wildman–Crippen MR) is 163 cm³/mol. The number of benzene rings is 2. The molecule has 2 atom stereocenters. The summed E-state index contributed by atoms with van der Waals surface area (Å²) in [6.45, 7) is 8.26. The first kappa shape index (κ1) is 34.5. The zero-order valence-corrected chi connectivity index (χ0v) is 25.4. The maximum absolute atomic E-state index is 13.5. The second-order valence-corrected chi connectivity index (χ2v) is 11.7. The van der Waals surface area contributed by atoms with Crippen LogP contribution in [0.3, 0.4) is 0 Å². The molecule has 2 aromatic carbocycles. The van der Waals surface area contributed by atoms with Crippen LogP contribution in [0.25, 0.3) is 0 Å². The van der Waals surface area contributed by atoms with E-state index < -0.39 is 7.92 Å². The van der Waals surface area contributed by atoms with Gasteiger partial charge in [-0.1, -0.05) is 93.1 Å². The van der Waals surface area contributed by atoms with Crippen LogP contribution in [0.1, 0.15) is 46.0 Å². The first-order chi connectivity index (χ1) is 19.1. The summed E-state index contributed by atoms with van der Waals surface area (Å²) >= 11 is 0. The van der Waals surface area contributed by atoms with Crippen molar-refractivity contribution in [1.29, 1.82) is 0 Å². The van der Waals surface area contributed by atoms with Crippen LogP contribution in [0.15, 0.2) is 72.8 Å². The second kappa shape index (κ2) is 19.4. The van der Waals surface area contributed by atoms with Gasteiger partial charge < -0.3 is 9.53 Å². The summed E-state index contributed by atoms with van der Waals surface area (Å²) in [6, 6.07) is 20.7. The van der Waals surface area contributed by atoms with Crippen LogP contribution >= 0.6 is 7.92 Å². The van der Waals surface area contributed by atoms with E-state index in [1.807, 2.05) is 87.8 Å². The molecular formula is C35H39FeO3P. The van der Waals surface area contributed by atoms with Gasteiger partial charge in [0.1, 0.15) is 18.3 Å². The first-order valence-electron chi connectivity index (χ1n) is 13.7. The summed E-state index contributed by atoms with van der Waals surface area (Å²) in [4.78, 5) is 24.6. The Bertz CT molecular complexity index is 945. The number of rotatable bonds is 13. The Morgan fingerprint density at radius 1 is 0.875 bits per heavy atom. The van der Waals surface area contributed by atoms with Gasteiger partial charge in [-0.3, -0.25) is 4.79 Å². The molecule has 40 heavy (non-hydrogen) atoms. The molecule has 0 amide bonds.